The summed E-state index contributed by atoms with van der Waals surface area (Å²) in [5.74, 6) is -0.919. The molecule has 150 valence electrons. The van der Waals surface area contributed by atoms with Crippen molar-refractivity contribution in [3.8, 4) is 11.3 Å². The number of fused-ring (bicyclic) bond motifs is 3. The molecule has 0 amide bonds. The Hall–Kier alpha value is -3.10. The van der Waals surface area contributed by atoms with Crippen molar-refractivity contribution in [2.45, 2.75) is 24.8 Å². The highest BCUT2D eigenvalue weighted by molar-refractivity contribution is 7.89. The molecule has 0 aliphatic heterocycles. The van der Waals surface area contributed by atoms with Gasteiger partial charge < -0.3 is 13.9 Å². The van der Waals surface area contributed by atoms with Crippen LogP contribution in [-0.4, -0.2) is 25.5 Å². The van der Waals surface area contributed by atoms with Crippen LogP contribution in [0.5, 0.6) is 0 Å². The van der Waals surface area contributed by atoms with Gasteiger partial charge in [0.05, 0.1) is 11.2 Å². The standard InChI is InChI=1S/C21H19NO6S/c1-12(2)20(21(23)24)22-29(25,26)14-6-8-18-16(11-14)15-7-5-13(10-19(15)28-18)17-4-3-9-27-17/h3-12,20,22H,1-2H3,(H,23,24)/t20-/m1/s1. The van der Waals surface area contributed by atoms with E-state index in [1.807, 2.05) is 24.3 Å². The van der Waals surface area contributed by atoms with E-state index in [0.29, 0.717) is 22.3 Å². The molecule has 2 heterocycles. The van der Waals surface area contributed by atoms with Gasteiger partial charge in [0.2, 0.25) is 10.0 Å². The zero-order valence-corrected chi connectivity index (χ0v) is 16.6. The summed E-state index contributed by atoms with van der Waals surface area (Å²) in [4.78, 5) is 11.4. The normalized spacial score (nSPS) is 13.3. The fourth-order valence-electron chi connectivity index (χ4n) is 3.23. The van der Waals surface area contributed by atoms with Crippen LogP contribution in [0, 0.1) is 5.92 Å². The lowest BCUT2D eigenvalue weighted by atomic mass is 10.1. The van der Waals surface area contributed by atoms with Crippen LogP contribution in [0.25, 0.3) is 33.3 Å². The van der Waals surface area contributed by atoms with Crippen molar-refractivity contribution in [2.75, 3.05) is 0 Å². The van der Waals surface area contributed by atoms with E-state index in [4.69, 9.17) is 8.83 Å². The predicted molar refractivity (Wildman–Crippen MR) is 108 cm³/mol. The second kappa shape index (κ2) is 7.06. The predicted octanol–water partition coefficient (Wildman–Crippen LogP) is 4.23. The Morgan fingerprint density at radius 3 is 2.48 bits per heavy atom. The maximum absolute atomic E-state index is 12.7. The van der Waals surface area contributed by atoms with Gasteiger partial charge in [-0.3, -0.25) is 4.79 Å². The first kappa shape index (κ1) is 19.2. The Bertz CT molecular complexity index is 1300. The monoisotopic (exact) mass is 413 g/mol. The number of benzene rings is 2. The number of nitrogens with one attached hydrogen (secondary N) is 1. The smallest absolute Gasteiger partial charge is 0.322 e. The van der Waals surface area contributed by atoms with Crippen molar-refractivity contribution in [3.63, 3.8) is 0 Å². The second-order valence-electron chi connectivity index (χ2n) is 7.13. The van der Waals surface area contributed by atoms with Gasteiger partial charge in [-0.15, -0.1) is 0 Å². The second-order valence-corrected chi connectivity index (χ2v) is 8.84. The zero-order chi connectivity index (χ0) is 20.8. The van der Waals surface area contributed by atoms with Crippen molar-refractivity contribution >= 4 is 37.9 Å². The van der Waals surface area contributed by atoms with Crippen molar-refractivity contribution in [1.82, 2.24) is 4.72 Å². The first-order chi connectivity index (χ1) is 13.8. The van der Waals surface area contributed by atoms with E-state index in [2.05, 4.69) is 4.72 Å². The highest BCUT2D eigenvalue weighted by Gasteiger charge is 2.28. The molecule has 4 rings (SSSR count). The van der Waals surface area contributed by atoms with Crippen LogP contribution >= 0.6 is 0 Å². The van der Waals surface area contributed by atoms with Crippen LogP contribution in [0.2, 0.25) is 0 Å². The largest absolute Gasteiger partial charge is 0.480 e. The van der Waals surface area contributed by atoms with E-state index in [0.717, 1.165) is 10.9 Å². The fraction of sp³-hybridized carbons (Fsp3) is 0.190. The minimum absolute atomic E-state index is 0.0188. The van der Waals surface area contributed by atoms with Crippen molar-refractivity contribution < 1.29 is 27.2 Å². The van der Waals surface area contributed by atoms with Gasteiger partial charge in [0, 0.05) is 16.3 Å². The summed E-state index contributed by atoms with van der Waals surface area (Å²) in [5, 5.41) is 10.7. The number of carbonyl (C=O) groups is 1. The molecule has 0 saturated heterocycles. The minimum atomic E-state index is -4.02. The fourth-order valence-corrected chi connectivity index (χ4v) is 4.59. The van der Waals surface area contributed by atoms with Crippen LogP contribution in [0.1, 0.15) is 13.8 Å². The first-order valence-electron chi connectivity index (χ1n) is 9.01. The highest BCUT2D eigenvalue weighted by Crippen LogP contribution is 2.33. The van der Waals surface area contributed by atoms with Gasteiger partial charge in [-0.25, -0.2) is 8.42 Å². The van der Waals surface area contributed by atoms with Crippen LogP contribution in [0.4, 0.5) is 0 Å². The van der Waals surface area contributed by atoms with Gasteiger partial charge in [0.1, 0.15) is 23.0 Å². The quantitative estimate of drug-likeness (QED) is 0.489. The number of sulfonamides is 1. The first-order valence-corrected chi connectivity index (χ1v) is 10.5. The third-order valence-electron chi connectivity index (χ3n) is 4.77. The van der Waals surface area contributed by atoms with Crippen molar-refractivity contribution in [3.05, 3.63) is 54.8 Å². The Balaban J connectivity index is 1.77. The molecule has 1 atom stereocenters. The van der Waals surface area contributed by atoms with Gasteiger partial charge in [-0.05, 0) is 48.4 Å². The highest BCUT2D eigenvalue weighted by atomic mass is 32.2. The van der Waals surface area contributed by atoms with Crippen molar-refractivity contribution in [1.29, 1.82) is 0 Å². The summed E-state index contributed by atoms with van der Waals surface area (Å²) < 4.78 is 39.0. The van der Waals surface area contributed by atoms with Gasteiger partial charge in [0.25, 0.3) is 0 Å². The van der Waals surface area contributed by atoms with E-state index < -0.39 is 28.0 Å². The van der Waals surface area contributed by atoms with Crippen LogP contribution in [0.15, 0.2) is 68.5 Å². The van der Waals surface area contributed by atoms with E-state index in [-0.39, 0.29) is 4.90 Å². The Labute approximate surface area is 167 Å². The number of hydrogen-bond donors (Lipinski definition) is 2. The molecule has 2 aromatic carbocycles. The summed E-state index contributed by atoms with van der Waals surface area (Å²) in [6.07, 6.45) is 1.59. The molecule has 0 spiro atoms. The van der Waals surface area contributed by atoms with Crippen LogP contribution in [-0.2, 0) is 14.8 Å². The number of furan rings is 2. The number of hydrogen-bond acceptors (Lipinski definition) is 5. The molecule has 2 N–H and O–H groups in total. The number of carboxylic acid groups (broad SMARTS) is 1. The molecule has 8 heteroatoms. The van der Waals surface area contributed by atoms with E-state index in [9.17, 15) is 18.3 Å². The number of aliphatic carboxylic acids is 1. The Morgan fingerprint density at radius 1 is 1.03 bits per heavy atom. The summed E-state index contributed by atoms with van der Waals surface area (Å²) in [6.45, 7) is 3.29. The molecule has 0 radical (unpaired) electrons. The molecule has 4 aromatic rings. The molecule has 0 aliphatic carbocycles. The van der Waals surface area contributed by atoms with E-state index in [1.54, 1.807) is 32.2 Å². The topological polar surface area (TPSA) is 110 Å². The summed E-state index contributed by atoms with van der Waals surface area (Å²) in [6, 6.07) is 12.4. The molecular formula is C21H19NO6S. The lowest BCUT2D eigenvalue weighted by Crippen LogP contribution is -2.44. The molecule has 0 bridgehead atoms. The van der Waals surface area contributed by atoms with E-state index in [1.165, 1.54) is 12.1 Å². The van der Waals surface area contributed by atoms with Crippen molar-refractivity contribution in [2.24, 2.45) is 5.92 Å². The van der Waals surface area contributed by atoms with Gasteiger partial charge in [0.15, 0.2) is 0 Å². The lowest BCUT2D eigenvalue weighted by Gasteiger charge is -2.17. The molecule has 0 fully saturated rings. The molecule has 7 nitrogen and oxygen atoms in total. The molecule has 29 heavy (non-hydrogen) atoms. The van der Waals surface area contributed by atoms with Gasteiger partial charge >= 0.3 is 5.97 Å². The van der Waals surface area contributed by atoms with E-state index >= 15 is 0 Å². The van der Waals surface area contributed by atoms with Crippen LogP contribution < -0.4 is 4.72 Å². The summed E-state index contributed by atoms with van der Waals surface area (Å²) in [7, 11) is -4.02. The molecule has 0 aliphatic rings. The summed E-state index contributed by atoms with van der Waals surface area (Å²) in [5.41, 5.74) is 1.98. The minimum Gasteiger partial charge on any atom is -0.480 e. The third kappa shape index (κ3) is 3.52. The van der Waals surface area contributed by atoms with Gasteiger partial charge in [-0.2, -0.15) is 4.72 Å². The average molecular weight is 413 g/mol. The molecule has 0 unspecified atom stereocenters. The number of carboxylic acids is 1. The lowest BCUT2D eigenvalue weighted by molar-refractivity contribution is -0.140. The summed E-state index contributed by atoms with van der Waals surface area (Å²) >= 11 is 0. The Kier molecular flexibility index (Phi) is 4.68. The number of rotatable bonds is 6. The average Bonchev–Trinajstić information content (AvgIpc) is 3.32. The van der Waals surface area contributed by atoms with Gasteiger partial charge in [-0.1, -0.05) is 19.9 Å². The van der Waals surface area contributed by atoms with Crippen LogP contribution in [0.3, 0.4) is 0 Å². The molecular weight excluding hydrogens is 394 g/mol. The zero-order valence-electron chi connectivity index (χ0n) is 15.7. The maximum atomic E-state index is 12.7. The SMILES string of the molecule is CC(C)[C@@H](NS(=O)(=O)c1ccc2oc3cc(-c4ccco4)ccc3c2c1)C(=O)O. The maximum Gasteiger partial charge on any atom is 0.322 e. The Morgan fingerprint density at radius 2 is 1.83 bits per heavy atom. The molecule has 2 aromatic heterocycles. The molecule has 0 saturated carbocycles. The third-order valence-corrected chi connectivity index (χ3v) is 6.21.